The minimum atomic E-state index is 0.981. The molecule has 1 aliphatic rings. The smallest absolute Gasteiger partial charge is 0.0655 e. The molecule has 0 spiro atoms. The monoisotopic (exact) mass is 150 g/mol. The number of nitrogens with one attached hydrogen (secondary N) is 1. The van der Waals surface area contributed by atoms with Gasteiger partial charge in [0.2, 0.25) is 0 Å². The van der Waals surface area contributed by atoms with Crippen LogP contribution in [-0.2, 0) is 0 Å². The van der Waals surface area contributed by atoms with E-state index >= 15 is 0 Å². The van der Waals surface area contributed by atoms with Crippen molar-refractivity contribution < 1.29 is 0 Å². The highest BCUT2D eigenvalue weighted by Gasteiger charge is 2.08. The molecule has 0 fully saturated rings. The highest BCUT2D eigenvalue weighted by atomic mass is 15.0. The van der Waals surface area contributed by atoms with Crippen molar-refractivity contribution in [3.63, 3.8) is 0 Å². The summed E-state index contributed by atoms with van der Waals surface area (Å²) >= 11 is 0. The second-order valence-corrected chi connectivity index (χ2v) is 2.79. The van der Waals surface area contributed by atoms with Gasteiger partial charge in [0, 0.05) is 0 Å². The second-order valence-electron chi connectivity index (χ2n) is 2.79. The Kier molecular flexibility index (Phi) is 3.02. The highest BCUT2D eigenvalue weighted by Crippen LogP contribution is 2.25. The summed E-state index contributed by atoms with van der Waals surface area (Å²) in [6.45, 7) is 2.00. The lowest BCUT2D eigenvalue weighted by molar-refractivity contribution is 0.666. The van der Waals surface area contributed by atoms with Crippen LogP contribution in [0.3, 0.4) is 0 Å². The first-order chi connectivity index (χ1) is 5.38. The summed E-state index contributed by atoms with van der Waals surface area (Å²) in [5.74, 6) is 0. The van der Waals surface area contributed by atoms with E-state index < -0.39 is 0 Å². The Hall–Kier alpha value is -0.920. The van der Waals surface area contributed by atoms with E-state index in [0.717, 1.165) is 18.5 Å². The lowest BCUT2D eigenvalue weighted by atomic mass is 9.96. The van der Waals surface area contributed by atoms with Crippen LogP contribution in [0.4, 0.5) is 0 Å². The largest absolute Gasteiger partial charge is 0.205 e. The van der Waals surface area contributed by atoms with Gasteiger partial charge < -0.3 is 0 Å². The van der Waals surface area contributed by atoms with Gasteiger partial charge in [0.05, 0.1) is 5.70 Å². The van der Waals surface area contributed by atoms with Gasteiger partial charge in [-0.05, 0) is 38.2 Å². The fourth-order valence-electron chi connectivity index (χ4n) is 1.42. The lowest BCUT2D eigenvalue weighted by Gasteiger charge is -2.12. The van der Waals surface area contributed by atoms with E-state index in [4.69, 9.17) is 5.53 Å². The first-order valence-electron chi connectivity index (χ1n) is 4.10. The molecule has 2 nitrogen and oxygen atoms in total. The fourth-order valence-corrected chi connectivity index (χ4v) is 1.42. The van der Waals surface area contributed by atoms with Crippen LogP contribution in [-0.4, -0.2) is 0 Å². The van der Waals surface area contributed by atoms with Gasteiger partial charge in [-0.3, -0.25) is 0 Å². The Bertz CT molecular complexity index is 202. The molecule has 1 rings (SSSR count). The zero-order valence-corrected chi connectivity index (χ0v) is 6.93. The summed E-state index contributed by atoms with van der Waals surface area (Å²) in [7, 11) is 0. The van der Waals surface area contributed by atoms with Gasteiger partial charge in [-0.15, -0.1) is 0 Å². The van der Waals surface area contributed by atoms with Crippen molar-refractivity contribution >= 4 is 0 Å². The third-order valence-corrected chi connectivity index (χ3v) is 1.98. The standard InChI is InChI=1S/C9H14N2/c1-2-5-8-6-3-4-7-9(8)11-10/h2,5,10H,3-4,6-7H2,1H3/b5-2-,11-10?. The first kappa shape index (κ1) is 8.18. The molecule has 0 heterocycles. The molecule has 0 saturated heterocycles. The number of hydrogen-bond acceptors (Lipinski definition) is 2. The number of hydrogen-bond donors (Lipinski definition) is 1. The van der Waals surface area contributed by atoms with E-state index in [9.17, 15) is 0 Å². The molecule has 0 saturated carbocycles. The van der Waals surface area contributed by atoms with E-state index in [1.54, 1.807) is 0 Å². The molecular weight excluding hydrogens is 136 g/mol. The molecular formula is C9H14N2. The van der Waals surface area contributed by atoms with Crippen LogP contribution in [0.25, 0.3) is 0 Å². The summed E-state index contributed by atoms with van der Waals surface area (Å²) in [4.78, 5) is 0. The quantitative estimate of drug-likeness (QED) is 0.585. The summed E-state index contributed by atoms with van der Waals surface area (Å²) in [6.07, 6.45) is 8.63. The van der Waals surface area contributed by atoms with Gasteiger partial charge in [0.15, 0.2) is 0 Å². The van der Waals surface area contributed by atoms with Crippen LogP contribution in [0.2, 0.25) is 0 Å². The van der Waals surface area contributed by atoms with Gasteiger partial charge >= 0.3 is 0 Å². The Labute approximate surface area is 67.5 Å². The minimum Gasteiger partial charge on any atom is -0.205 e. The van der Waals surface area contributed by atoms with E-state index in [2.05, 4.69) is 11.2 Å². The summed E-state index contributed by atoms with van der Waals surface area (Å²) in [5, 5.41) is 3.53. The molecule has 0 radical (unpaired) electrons. The highest BCUT2D eigenvalue weighted by molar-refractivity contribution is 5.26. The van der Waals surface area contributed by atoms with Crippen molar-refractivity contribution in [3.05, 3.63) is 23.4 Å². The van der Waals surface area contributed by atoms with Crippen molar-refractivity contribution in [2.45, 2.75) is 32.6 Å². The maximum Gasteiger partial charge on any atom is 0.0655 e. The average molecular weight is 150 g/mol. The van der Waals surface area contributed by atoms with Crippen LogP contribution >= 0.6 is 0 Å². The van der Waals surface area contributed by atoms with Crippen molar-refractivity contribution in [1.82, 2.24) is 0 Å². The number of allylic oxidation sites excluding steroid dienone is 4. The van der Waals surface area contributed by atoms with Crippen LogP contribution < -0.4 is 0 Å². The fraction of sp³-hybridized carbons (Fsp3) is 0.556. The molecule has 1 N–H and O–H groups in total. The van der Waals surface area contributed by atoms with E-state index in [0.29, 0.717) is 0 Å². The molecule has 0 atom stereocenters. The third-order valence-electron chi connectivity index (χ3n) is 1.98. The molecule has 0 bridgehead atoms. The van der Waals surface area contributed by atoms with Gasteiger partial charge in [-0.25, -0.2) is 5.53 Å². The predicted molar refractivity (Wildman–Crippen MR) is 45.5 cm³/mol. The SMILES string of the molecule is C/C=C\C1=C(N=N)CCCC1. The molecule has 0 aromatic carbocycles. The Morgan fingerprint density at radius 1 is 1.36 bits per heavy atom. The molecule has 0 aromatic rings. The third kappa shape index (κ3) is 2.00. The Morgan fingerprint density at radius 3 is 2.73 bits per heavy atom. The summed E-state index contributed by atoms with van der Waals surface area (Å²) < 4.78 is 0. The normalized spacial score (nSPS) is 19.4. The van der Waals surface area contributed by atoms with Crippen molar-refractivity contribution in [3.8, 4) is 0 Å². The number of rotatable bonds is 2. The van der Waals surface area contributed by atoms with Crippen molar-refractivity contribution in [2.75, 3.05) is 0 Å². The minimum absolute atomic E-state index is 0.981. The molecule has 2 heteroatoms. The van der Waals surface area contributed by atoms with Gasteiger partial charge in [0.1, 0.15) is 0 Å². The first-order valence-corrected chi connectivity index (χ1v) is 4.10. The molecule has 11 heavy (non-hydrogen) atoms. The van der Waals surface area contributed by atoms with Crippen molar-refractivity contribution in [1.29, 1.82) is 5.53 Å². The lowest BCUT2D eigenvalue weighted by Crippen LogP contribution is -1.95. The van der Waals surface area contributed by atoms with Crippen LogP contribution in [0.1, 0.15) is 32.6 Å². The Balaban J connectivity index is 2.81. The van der Waals surface area contributed by atoms with E-state index in [1.165, 1.54) is 18.4 Å². The molecule has 0 amide bonds. The van der Waals surface area contributed by atoms with Crippen LogP contribution in [0.5, 0.6) is 0 Å². The van der Waals surface area contributed by atoms with E-state index in [-0.39, 0.29) is 0 Å². The molecule has 0 unspecified atom stereocenters. The maximum absolute atomic E-state index is 6.94. The summed E-state index contributed by atoms with van der Waals surface area (Å²) in [6, 6.07) is 0. The zero-order chi connectivity index (χ0) is 8.10. The van der Waals surface area contributed by atoms with Crippen LogP contribution in [0.15, 0.2) is 28.5 Å². The predicted octanol–water partition coefficient (Wildman–Crippen LogP) is 3.42. The summed E-state index contributed by atoms with van der Waals surface area (Å²) in [5.41, 5.74) is 9.18. The molecule has 1 aliphatic carbocycles. The second kappa shape index (κ2) is 4.06. The topological polar surface area (TPSA) is 36.2 Å². The molecule has 0 aliphatic heterocycles. The molecule has 0 aromatic heterocycles. The number of nitrogens with zero attached hydrogens (tertiary/aromatic N) is 1. The Morgan fingerprint density at radius 2 is 2.09 bits per heavy atom. The maximum atomic E-state index is 6.94. The van der Waals surface area contributed by atoms with Gasteiger partial charge in [0.25, 0.3) is 0 Å². The van der Waals surface area contributed by atoms with Crippen LogP contribution in [0, 0.1) is 5.53 Å². The van der Waals surface area contributed by atoms with Crippen molar-refractivity contribution in [2.24, 2.45) is 5.11 Å². The van der Waals surface area contributed by atoms with E-state index in [1.807, 2.05) is 13.0 Å². The zero-order valence-electron chi connectivity index (χ0n) is 6.93. The van der Waals surface area contributed by atoms with Gasteiger partial charge in [-0.2, -0.15) is 5.11 Å². The molecule has 60 valence electrons. The van der Waals surface area contributed by atoms with Gasteiger partial charge in [-0.1, -0.05) is 12.2 Å². The average Bonchev–Trinajstić information content (AvgIpc) is 2.06.